The Labute approximate surface area is 148 Å². The minimum Gasteiger partial charge on any atom is -0.396 e. The Hall–Kier alpha value is -0.130. The highest BCUT2D eigenvalue weighted by Crippen LogP contribution is 2.38. The summed E-state index contributed by atoms with van der Waals surface area (Å²) in [6.07, 6.45) is 14.9. The lowest BCUT2D eigenvalue weighted by Gasteiger charge is -2.44. The summed E-state index contributed by atoms with van der Waals surface area (Å²) in [7, 11) is -3.31. The fourth-order valence-electron chi connectivity index (χ4n) is 5.32. The van der Waals surface area contributed by atoms with Gasteiger partial charge in [-0.15, -0.1) is 0 Å². The third-order valence-corrected chi connectivity index (χ3v) is 9.19. The quantitative estimate of drug-likeness (QED) is 0.813. The Morgan fingerprint density at radius 1 is 0.708 bits per heavy atom. The lowest BCUT2D eigenvalue weighted by molar-refractivity contribution is 0.154. The van der Waals surface area contributed by atoms with Crippen molar-refractivity contribution >= 4 is 10.0 Å². The van der Waals surface area contributed by atoms with Crippen molar-refractivity contribution in [2.45, 2.75) is 107 Å². The maximum Gasteiger partial charge on any atom is 0.217 e. The van der Waals surface area contributed by atoms with E-state index in [2.05, 4.69) is 0 Å². The van der Waals surface area contributed by atoms with Gasteiger partial charge in [-0.1, -0.05) is 51.4 Å². The molecular weight excluding hydrogens is 322 g/mol. The molecule has 0 spiro atoms. The third-order valence-electron chi connectivity index (χ3n) is 6.62. The topological polar surface area (TPSA) is 57.6 Å². The Balaban J connectivity index is 1.86. The second-order valence-corrected chi connectivity index (χ2v) is 10.3. The second kappa shape index (κ2) is 8.50. The van der Waals surface area contributed by atoms with E-state index in [0.717, 1.165) is 77.0 Å². The zero-order chi connectivity index (χ0) is 17.0. The molecule has 3 fully saturated rings. The summed E-state index contributed by atoms with van der Waals surface area (Å²) in [5.74, 6) is -0.0570. The Kier molecular flexibility index (Phi) is 6.61. The minimum absolute atomic E-state index is 0.0209. The monoisotopic (exact) mass is 357 g/mol. The largest absolute Gasteiger partial charge is 0.396 e. The van der Waals surface area contributed by atoms with E-state index >= 15 is 0 Å². The van der Waals surface area contributed by atoms with Crippen LogP contribution in [0.25, 0.3) is 0 Å². The Morgan fingerprint density at radius 3 is 1.67 bits per heavy atom. The maximum atomic E-state index is 13.7. The van der Waals surface area contributed by atoms with Crippen molar-refractivity contribution in [1.82, 2.24) is 4.31 Å². The number of hydrogen-bond acceptors (Lipinski definition) is 3. The number of nitrogens with zero attached hydrogens (tertiary/aromatic N) is 1. The lowest BCUT2D eigenvalue weighted by atomic mass is 9.89. The van der Waals surface area contributed by atoms with Crippen molar-refractivity contribution in [2.24, 2.45) is 5.92 Å². The second-order valence-electron chi connectivity index (χ2n) is 8.22. The first kappa shape index (κ1) is 18.7. The van der Waals surface area contributed by atoms with Crippen molar-refractivity contribution in [2.75, 3.05) is 6.61 Å². The van der Waals surface area contributed by atoms with Crippen molar-refractivity contribution in [3.63, 3.8) is 0 Å². The number of hydrogen-bond donors (Lipinski definition) is 1. The first-order valence-electron chi connectivity index (χ1n) is 10.3. The molecule has 3 rings (SSSR count). The Morgan fingerprint density at radius 2 is 1.17 bits per heavy atom. The van der Waals surface area contributed by atoms with E-state index in [1.807, 2.05) is 4.31 Å². The molecule has 2 atom stereocenters. The molecule has 3 aliphatic carbocycles. The number of rotatable bonds is 5. The average molecular weight is 358 g/mol. The molecule has 5 heteroatoms. The van der Waals surface area contributed by atoms with E-state index in [1.165, 1.54) is 12.8 Å². The highest BCUT2D eigenvalue weighted by atomic mass is 32.2. The summed E-state index contributed by atoms with van der Waals surface area (Å²) in [5.41, 5.74) is 0. The van der Waals surface area contributed by atoms with Gasteiger partial charge in [0.25, 0.3) is 0 Å². The van der Waals surface area contributed by atoms with E-state index in [-0.39, 0.29) is 29.9 Å². The SMILES string of the molecule is O=S(=O)(C1CCCCC1CO)N(C1CCCCC1)C1CCCCC1. The molecular formula is C19H35NO3S. The van der Waals surface area contributed by atoms with Crippen molar-refractivity contribution < 1.29 is 13.5 Å². The zero-order valence-electron chi connectivity index (χ0n) is 15.0. The highest BCUT2D eigenvalue weighted by molar-refractivity contribution is 7.89. The maximum absolute atomic E-state index is 13.7. The summed E-state index contributed by atoms with van der Waals surface area (Å²) < 4.78 is 29.3. The number of aliphatic hydroxyl groups is 1. The van der Waals surface area contributed by atoms with Crippen molar-refractivity contribution in [1.29, 1.82) is 0 Å². The Bertz CT molecular complexity index is 463. The van der Waals surface area contributed by atoms with Gasteiger partial charge >= 0.3 is 0 Å². The molecule has 0 aromatic carbocycles. The summed E-state index contributed by atoms with van der Waals surface area (Å²) in [6, 6.07) is 0.432. The molecule has 0 saturated heterocycles. The molecule has 3 saturated carbocycles. The molecule has 24 heavy (non-hydrogen) atoms. The smallest absolute Gasteiger partial charge is 0.217 e. The van der Waals surface area contributed by atoms with Gasteiger partial charge in [0, 0.05) is 24.6 Å². The normalized spacial score (nSPS) is 31.4. The van der Waals surface area contributed by atoms with E-state index in [9.17, 15) is 13.5 Å². The van der Waals surface area contributed by atoms with Crippen LogP contribution in [0.1, 0.15) is 89.9 Å². The van der Waals surface area contributed by atoms with E-state index in [0.29, 0.717) is 0 Å². The van der Waals surface area contributed by atoms with Gasteiger partial charge in [-0.05, 0) is 38.5 Å². The minimum atomic E-state index is -3.31. The lowest BCUT2D eigenvalue weighted by Crippen LogP contribution is -2.54. The summed E-state index contributed by atoms with van der Waals surface area (Å²) in [5, 5.41) is 9.40. The van der Waals surface area contributed by atoms with Gasteiger partial charge in [0.15, 0.2) is 0 Å². The van der Waals surface area contributed by atoms with Crippen LogP contribution >= 0.6 is 0 Å². The average Bonchev–Trinajstić information content (AvgIpc) is 2.63. The molecule has 0 heterocycles. The molecule has 2 unspecified atom stereocenters. The molecule has 0 bridgehead atoms. The summed E-state index contributed by atoms with van der Waals surface area (Å²) in [6.45, 7) is 0.0209. The van der Waals surface area contributed by atoms with Gasteiger partial charge in [-0.25, -0.2) is 8.42 Å². The molecule has 4 nitrogen and oxygen atoms in total. The van der Waals surface area contributed by atoms with Crippen LogP contribution in [0.2, 0.25) is 0 Å². The van der Waals surface area contributed by atoms with Crippen LogP contribution in [0, 0.1) is 5.92 Å². The van der Waals surface area contributed by atoms with Crippen LogP contribution in [0.15, 0.2) is 0 Å². The fraction of sp³-hybridized carbons (Fsp3) is 1.00. The van der Waals surface area contributed by atoms with Crippen LogP contribution in [0.5, 0.6) is 0 Å². The molecule has 0 amide bonds. The molecule has 1 N–H and O–H groups in total. The highest BCUT2D eigenvalue weighted by Gasteiger charge is 2.44. The van der Waals surface area contributed by atoms with Gasteiger partial charge in [-0.2, -0.15) is 4.31 Å². The first-order valence-corrected chi connectivity index (χ1v) is 11.8. The van der Waals surface area contributed by atoms with E-state index in [4.69, 9.17) is 0 Å². The van der Waals surface area contributed by atoms with Gasteiger partial charge in [-0.3, -0.25) is 0 Å². The molecule has 3 aliphatic rings. The first-order chi connectivity index (χ1) is 11.6. The predicted molar refractivity (Wildman–Crippen MR) is 97.3 cm³/mol. The standard InChI is InChI=1S/C19H35NO3S/c21-15-16-9-7-8-14-19(16)24(22,23)20(17-10-3-1-4-11-17)18-12-5-2-6-13-18/h16-19,21H,1-15H2. The molecule has 0 aliphatic heterocycles. The summed E-state index contributed by atoms with van der Waals surface area (Å²) in [4.78, 5) is 0. The number of sulfonamides is 1. The molecule has 140 valence electrons. The van der Waals surface area contributed by atoms with Crippen molar-refractivity contribution in [3.05, 3.63) is 0 Å². The van der Waals surface area contributed by atoms with Crippen LogP contribution in [0.3, 0.4) is 0 Å². The number of aliphatic hydroxyl groups excluding tert-OH is 1. The van der Waals surface area contributed by atoms with Gasteiger partial charge in [0.2, 0.25) is 10.0 Å². The van der Waals surface area contributed by atoms with Crippen LogP contribution in [-0.4, -0.2) is 41.8 Å². The van der Waals surface area contributed by atoms with Crippen LogP contribution in [0.4, 0.5) is 0 Å². The third kappa shape index (κ3) is 3.99. The predicted octanol–water partition coefficient (Wildman–Crippen LogP) is 3.83. The summed E-state index contributed by atoms with van der Waals surface area (Å²) >= 11 is 0. The van der Waals surface area contributed by atoms with E-state index < -0.39 is 10.0 Å². The molecule has 0 radical (unpaired) electrons. The van der Waals surface area contributed by atoms with E-state index in [1.54, 1.807) is 0 Å². The fourth-order valence-corrected chi connectivity index (χ4v) is 8.05. The van der Waals surface area contributed by atoms with Gasteiger partial charge in [0.05, 0.1) is 5.25 Å². The van der Waals surface area contributed by atoms with Crippen LogP contribution in [-0.2, 0) is 10.0 Å². The van der Waals surface area contributed by atoms with Gasteiger partial charge < -0.3 is 5.11 Å². The van der Waals surface area contributed by atoms with Gasteiger partial charge in [0.1, 0.15) is 0 Å². The zero-order valence-corrected chi connectivity index (χ0v) is 15.9. The van der Waals surface area contributed by atoms with Crippen LogP contribution < -0.4 is 0 Å². The van der Waals surface area contributed by atoms with Crippen molar-refractivity contribution in [3.8, 4) is 0 Å². The molecule has 0 aromatic rings. The molecule has 0 aromatic heterocycles.